The third kappa shape index (κ3) is 3.00. The molecule has 1 fully saturated rings. The number of benzene rings is 4. The molecule has 0 aliphatic carbocycles. The van der Waals surface area contributed by atoms with Crippen LogP contribution in [0.25, 0.3) is 32.3 Å². The molecule has 0 bridgehead atoms. The van der Waals surface area contributed by atoms with Crippen LogP contribution >= 0.6 is 17.2 Å². The topological polar surface area (TPSA) is 6.48 Å². The second-order valence-electron chi connectivity index (χ2n) is 7.40. The van der Waals surface area contributed by atoms with Crippen molar-refractivity contribution in [2.75, 3.05) is 32.2 Å². The van der Waals surface area contributed by atoms with E-state index in [4.69, 9.17) is 0 Å². The maximum absolute atomic E-state index is 2.68. The molecule has 4 aromatic rings. The van der Waals surface area contributed by atoms with Crippen molar-refractivity contribution in [3.05, 3.63) is 60.2 Å². The summed E-state index contributed by atoms with van der Waals surface area (Å²) in [6.45, 7) is 1.08. The predicted octanol–water partition coefficient (Wildman–Crippen LogP) is 5.52. The van der Waals surface area contributed by atoms with Crippen LogP contribution in [0.3, 0.4) is 0 Å². The first-order valence-corrected chi connectivity index (χ1v) is 12.1. The van der Waals surface area contributed by atoms with Crippen molar-refractivity contribution in [2.45, 2.75) is 6.54 Å². The fraction of sp³-hybridized carbons (Fsp3) is 0.273. The van der Waals surface area contributed by atoms with Gasteiger partial charge in [0, 0.05) is 31.7 Å². The minimum atomic E-state index is 1.02. The van der Waals surface area contributed by atoms with Gasteiger partial charge in [-0.15, -0.1) is 0 Å². The maximum atomic E-state index is 2.68. The first-order chi connectivity index (χ1) is 12.8. The van der Waals surface area contributed by atoms with Gasteiger partial charge >= 0.3 is 0 Å². The molecule has 1 saturated heterocycles. The Morgan fingerprint density at radius 2 is 1.35 bits per heavy atom. The van der Waals surface area contributed by atoms with Gasteiger partial charge < -0.3 is 0 Å². The van der Waals surface area contributed by atoms with E-state index in [0.717, 1.165) is 23.7 Å². The molecule has 0 aromatic heterocycles. The van der Waals surface area contributed by atoms with Crippen LogP contribution in [-0.2, 0) is 6.54 Å². The van der Waals surface area contributed by atoms with Gasteiger partial charge in [0.25, 0.3) is 0 Å². The summed E-state index contributed by atoms with van der Waals surface area (Å²) in [4.78, 5) is 5.17. The highest BCUT2D eigenvalue weighted by Crippen LogP contribution is 2.36. The summed E-state index contributed by atoms with van der Waals surface area (Å²) in [5, 5.41) is 8.41. The van der Waals surface area contributed by atoms with Crippen LogP contribution in [0, 0.1) is 0 Å². The Hall–Kier alpha value is -1.30. The molecule has 2 atom stereocenters. The molecule has 5 rings (SSSR count). The van der Waals surface area contributed by atoms with Crippen LogP contribution in [-0.4, -0.2) is 42.0 Å². The van der Waals surface area contributed by atoms with Gasteiger partial charge in [-0.25, -0.2) is 0 Å². The zero-order valence-electron chi connectivity index (χ0n) is 15.1. The highest BCUT2D eigenvalue weighted by atomic mass is 31.1. The van der Waals surface area contributed by atoms with Crippen molar-refractivity contribution in [3.63, 3.8) is 0 Å². The van der Waals surface area contributed by atoms with Crippen molar-refractivity contribution in [2.24, 2.45) is 0 Å². The van der Waals surface area contributed by atoms with E-state index in [1.807, 2.05) is 0 Å². The van der Waals surface area contributed by atoms with Gasteiger partial charge in [0.15, 0.2) is 0 Å². The van der Waals surface area contributed by atoms with E-state index in [0.29, 0.717) is 0 Å². The third-order valence-electron chi connectivity index (χ3n) is 5.45. The molecule has 2 nitrogen and oxygen atoms in total. The standard InChI is InChI=1S/C22H24N2P2/c1-23-12-25-14-24(15-26-13-23)11-19-8-7-18-6-5-16-3-2-4-17-9-10-20(19)22(18)21(16)17/h2-10,25-26H,11-15H2,1H3. The second kappa shape index (κ2) is 7.02. The molecule has 4 heteroatoms. The summed E-state index contributed by atoms with van der Waals surface area (Å²) < 4.78 is 0. The number of hydrogen-bond acceptors (Lipinski definition) is 2. The lowest BCUT2D eigenvalue weighted by atomic mass is 9.92. The monoisotopic (exact) mass is 378 g/mol. The highest BCUT2D eigenvalue weighted by molar-refractivity contribution is 7.39. The average molecular weight is 378 g/mol. The second-order valence-corrected chi connectivity index (χ2v) is 9.66. The molecular weight excluding hydrogens is 354 g/mol. The minimum Gasteiger partial charge on any atom is -0.299 e. The zero-order chi connectivity index (χ0) is 17.5. The normalized spacial score (nSPS) is 19.7. The molecule has 1 aliphatic rings. The molecule has 1 heterocycles. The SMILES string of the molecule is CN1CPCN(Cc2ccc3ccc4cccc5ccc2c3c45)CPC1. The summed E-state index contributed by atoms with van der Waals surface area (Å²) in [6, 6.07) is 20.5. The summed E-state index contributed by atoms with van der Waals surface area (Å²) in [7, 11) is 4.29. The lowest BCUT2D eigenvalue weighted by molar-refractivity contribution is 0.357. The van der Waals surface area contributed by atoms with Gasteiger partial charge in [-0.1, -0.05) is 71.8 Å². The largest absolute Gasteiger partial charge is 0.299 e. The summed E-state index contributed by atoms with van der Waals surface area (Å²) in [5.74, 6) is 0. The predicted molar refractivity (Wildman–Crippen MR) is 120 cm³/mol. The van der Waals surface area contributed by atoms with Crippen molar-refractivity contribution in [3.8, 4) is 0 Å². The van der Waals surface area contributed by atoms with Gasteiger partial charge in [0.1, 0.15) is 0 Å². The van der Waals surface area contributed by atoms with Crippen molar-refractivity contribution >= 4 is 49.5 Å². The molecule has 2 unspecified atom stereocenters. The average Bonchev–Trinajstić information content (AvgIpc) is 2.65. The molecule has 0 N–H and O–H groups in total. The van der Waals surface area contributed by atoms with Crippen LogP contribution in [0.2, 0.25) is 0 Å². The lowest BCUT2D eigenvalue weighted by Gasteiger charge is -2.28. The van der Waals surface area contributed by atoms with Crippen LogP contribution in [0.1, 0.15) is 5.56 Å². The molecule has 1 aliphatic heterocycles. The molecule has 0 saturated carbocycles. The molecular formula is C22H24N2P2. The van der Waals surface area contributed by atoms with E-state index in [-0.39, 0.29) is 0 Å². The third-order valence-corrected chi connectivity index (χ3v) is 8.32. The van der Waals surface area contributed by atoms with Crippen LogP contribution in [0.4, 0.5) is 0 Å². The first kappa shape index (κ1) is 16.8. The quantitative estimate of drug-likeness (QED) is 0.335. The maximum Gasteiger partial charge on any atom is 0.0247 e. The number of nitrogens with zero attached hydrogens (tertiary/aromatic N) is 2. The Bertz CT molecular complexity index is 1040. The molecule has 4 aromatic carbocycles. The fourth-order valence-corrected chi connectivity index (χ4v) is 6.91. The molecule has 0 amide bonds. The molecule has 132 valence electrons. The Balaban J connectivity index is 1.57. The van der Waals surface area contributed by atoms with Crippen LogP contribution < -0.4 is 0 Å². The van der Waals surface area contributed by atoms with Gasteiger partial charge in [-0.2, -0.15) is 0 Å². The first-order valence-electron chi connectivity index (χ1n) is 9.27. The molecule has 0 spiro atoms. The van der Waals surface area contributed by atoms with E-state index in [9.17, 15) is 0 Å². The highest BCUT2D eigenvalue weighted by Gasteiger charge is 2.14. The lowest BCUT2D eigenvalue weighted by Crippen LogP contribution is -2.27. The van der Waals surface area contributed by atoms with Gasteiger partial charge in [0.05, 0.1) is 0 Å². The minimum absolute atomic E-state index is 1.02. The summed E-state index contributed by atoms with van der Waals surface area (Å²) in [6.07, 6.45) is 4.97. The van der Waals surface area contributed by atoms with Gasteiger partial charge in [0.2, 0.25) is 0 Å². The van der Waals surface area contributed by atoms with Crippen molar-refractivity contribution < 1.29 is 0 Å². The summed E-state index contributed by atoms with van der Waals surface area (Å²) in [5.41, 5.74) is 1.49. The smallest absolute Gasteiger partial charge is 0.0247 e. The Labute approximate surface area is 158 Å². The molecule has 0 radical (unpaired) electrons. The van der Waals surface area contributed by atoms with E-state index in [2.05, 4.69) is 71.4 Å². The fourth-order valence-electron chi connectivity index (χ4n) is 4.20. The molecule has 26 heavy (non-hydrogen) atoms. The Morgan fingerprint density at radius 3 is 2.08 bits per heavy atom. The van der Waals surface area contributed by atoms with Crippen LogP contribution in [0.15, 0.2) is 54.6 Å². The number of hydrogen-bond donors (Lipinski definition) is 0. The van der Waals surface area contributed by atoms with E-state index < -0.39 is 0 Å². The Morgan fingerprint density at radius 1 is 0.731 bits per heavy atom. The van der Waals surface area contributed by atoms with E-state index >= 15 is 0 Å². The zero-order valence-corrected chi connectivity index (χ0v) is 17.1. The number of rotatable bonds is 2. The van der Waals surface area contributed by atoms with Gasteiger partial charge in [-0.3, -0.25) is 9.80 Å². The van der Waals surface area contributed by atoms with Crippen molar-refractivity contribution in [1.29, 1.82) is 0 Å². The van der Waals surface area contributed by atoms with E-state index in [1.54, 1.807) is 0 Å². The van der Waals surface area contributed by atoms with E-state index in [1.165, 1.54) is 63.0 Å². The summed E-state index contributed by atoms with van der Waals surface area (Å²) >= 11 is 0. The van der Waals surface area contributed by atoms with Crippen LogP contribution in [0.5, 0.6) is 0 Å². The Kier molecular flexibility index (Phi) is 4.55. The van der Waals surface area contributed by atoms with Gasteiger partial charge in [-0.05, 0) is 44.9 Å². The van der Waals surface area contributed by atoms with Crippen molar-refractivity contribution in [1.82, 2.24) is 9.80 Å².